The van der Waals surface area contributed by atoms with E-state index in [0.717, 1.165) is 5.39 Å². The average Bonchev–Trinajstić information content (AvgIpc) is 2.70. The van der Waals surface area contributed by atoms with Gasteiger partial charge in [0.2, 0.25) is 0 Å². The number of nitrogens with zero attached hydrogens (tertiary/aromatic N) is 1. The number of carbonyl (C=O) groups excluding carboxylic acids is 1. The first-order valence-electron chi connectivity index (χ1n) is 8.28. The van der Waals surface area contributed by atoms with Gasteiger partial charge >= 0.3 is 11.6 Å². The number of ether oxygens (including phenoxy) is 2. The highest BCUT2D eigenvalue weighted by Gasteiger charge is 2.13. The first-order chi connectivity index (χ1) is 13.1. The van der Waals surface area contributed by atoms with Crippen LogP contribution in [0.25, 0.3) is 21.9 Å². The smallest absolute Gasteiger partial charge is 0.357 e. The summed E-state index contributed by atoms with van der Waals surface area (Å²) >= 11 is 0. The minimum Gasteiger partial charge on any atom is -0.497 e. The van der Waals surface area contributed by atoms with E-state index in [-0.39, 0.29) is 12.3 Å². The second-order valence-electron chi connectivity index (χ2n) is 5.92. The van der Waals surface area contributed by atoms with Crippen LogP contribution in [-0.4, -0.2) is 18.1 Å². The van der Waals surface area contributed by atoms with Crippen LogP contribution in [-0.2, 0) is 11.3 Å². The molecule has 6 nitrogen and oxygen atoms in total. The van der Waals surface area contributed by atoms with Gasteiger partial charge in [0.25, 0.3) is 0 Å². The number of hydrogen-bond acceptors (Lipinski definition) is 6. The predicted molar refractivity (Wildman–Crippen MR) is 99.9 cm³/mol. The van der Waals surface area contributed by atoms with E-state index in [1.54, 1.807) is 24.3 Å². The summed E-state index contributed by atoms with van der Waals surface area (Å²) in [5, 5.41) is 1.62. The van der Waals surface area contributed by atoms with E-state index in [0.29, 0.717) is 27.8 Å². The monoisotopic (exact) mass is 361 g/mol. The number of pyridine rings is 1. The van der Waals surface area contributed by atoms with Gasteiger partial charge in [-0.25, -0.2) is 14.6 Å². The summed E-state index contributed by atoms with van der Waals surface area (Å²) in [7, 11) is 1.53. The third kappa shape index (κ3) is 3.37. The molecule has 27 heavy (non-hydrogen) atoms. The molecular formula is C21H15NO5. The first kappa shape index (κ1) is 16.8. The molecule has 2 heterocycles. The maximum atomic E-state index is 12.4. The van der Waals surface area contributed by atoms with Gasteiger partial charge in [0, 0.05) is 28.5 Å². The Morgan fingerprint density at radius 3 is 2.78 bits per heavy atom. The summed E-state index contributed by atoms with van der Waals surface area (Å²) in [6.07, 6.45) is 0. The zero-order valence-corrected chi connectivity index (χ0v) is 14.5. The molecular weight excluding hydrogens is 346 g/mol. The molecule has 0 saturated carbocycles. The Morgan fingerprint density at radius 1 is 1.07 bits per heavy atom. The summed E-state index contributed by atoms with van der Waals surface area (Å²) in [4.78, 5) is 28.5. The third-order valence-corrected chi connectivity index (χ3v) is 4.20. The highest BCUT2D eigenvalue weighted by molar-refractivity contribution is 5.91. The number of benzene rings is 2. The van der Waals surface area contributed by atoms with Crippen LogP contribution in [0.15, 0.2) is 69.9 Å². The van der Waals surface area contributed by atoms with Crippen LogP contribution in [0.3, 0.4) is 0 Å². The maximum Gasteiger partial charge on any atom is 0.357 e. The molecule has 0 unspecified atom stereocenters. The Labute approximate surface area is 154 Å². The van der Waals surface area contributed by atoms with E-state index >= 15 is 0 Å². The van der Waals surface area contributed by atoms with Crippen LogP contribution in [0.4, 0.5) is 0 Å². The second kappa shape index (κ2) is 6.92. The fraction of sp³-hybridized carbons (Fsp3) is 0.0952. The average molecular weight is 361 g/mol. The van der Waals surface area contributed by atoms with Gasteiger partial charge in [0.15, 0.2) is 0 Å². The van der Waals surface area contributed by atoms with Gasteiger partial charge in [-0.05, 0) is 24.3 Å². The highest BCUT2D eigenvalue weighted by atomic mass is 16.5. The Bertz CT molecular complexity index is 1210. The summed E-state index contributed by atoms with van der Waals surface area (Å²) in [5.41, 5.74) is 1.33. The maximum absolute atomic E-state index is 12.4. The van der Waals surface area contributed by atoms with Crippen LogP contribution < -0.4 is 10.4 Å². The highest BCUT2D eigenvalue weighted by Crippen LogP contribution is 2.23. The molecule has 0 saturated heterocycles. The summed E-state index contributed by atoms with van der Waals surface area (Å²) in [6.45, 7) is -0.0677. The standard InChI is InChI=1S/C21H15NO5/c1-25-15-7-8-16-14(10-20(23)27-19(16)11-15)12-26-21(24)18-9-6-13-4-2-3-5-17(13)22-18/h2-11H,12H2,1H3. The molecule has 0 radical (unpaired) electrons. The third-order valence-electron chi connectivity index (χ3n) is 4.20. The number of methoxy groups -OCH3 is 1. The number of para-hydroxylation sites is 1. The molecule has 0 spiro atoms. The van der Waals surface area contributed by atoms with Gasteiger partial charge in [0.1, 0.15) is 23.6 Å². The lowest BCUT2D eigenvalue weighted by Gasteiger charge is -2.08. The van der Waals surface area contributed by atoms with E-state index in [9.17, 15) is 9.59 Å². The fourth-order valence-corrected chi connectivity index (χ4v) is 2.85. The molecule has 134 valence electrons. The molecule has 2 aromatic heterocycles. The molecule has 2 aromatic carbocycles. The Morgan fingerprint density at radius 2 is 1.93 bits per heavy atom. The minimum absolute atomic E-state index is 0.0677. The van der Waals surface area contributed by atoms with Gasteiger partial charge in [0.05, 0.1) is 12.6 Å². The summed E-state index contributed by atoms with van der Waals surface area (Å²) < 4.78 is 15.7. The molecule has 0 N–H and O–H groups in total. The van der Waals surface area contributed by atoms with Crippen molar-refractivity contribution in [2.24, 2.45) is 0 Å². The molecule has 0 atom stereocenters. The predicted octanol–water partition coefficient (Wildman–Crippen LogP) is 3.71. The van der Waals surface area contributed by atoms with Crippen LogP contribution in [0.1, 0.15) is 16.1 Å². The quantitative estimate of drug-likeness (QED) is 0.407. The molecule has 4 rings (SSSR count). The number of hydrogen-bond donors (Lipinski definition) is 0. The van der Waals surface area contributed by atoms with Crippen molar-refractivity contribution in [2.75, 3.05) is 7.11 Å². The van der Waals surface area contributed by atoms with E-state index in [1.807, 2.05) is 30.3 Å². The van der Waals surface area contributed by atoms with Crippen molar-refractivity contribution in [1.82, 2.24) is 4.98 Å². The largest absolute Gasteiger partial charge is 0.497 e. The van der Waals surface area contributed by atoms with Crippen LogP contribution in [0.2, 0.25) is 0 Å². The lowest BCUT2D eigenvalue weighted by molar-refractivity contribution is 0.0467. The van der Waals surface area contributed by atoms with Crippen LogP contribution >= 0.6 is 0 Å². The van der Waals surface area contributed by atoms with Crippen molar-refractivity contribution < 1.29 is 18.7 Å². The summed E-state index contributed by atoms with van der Waals surface area (Å²) in [5.74, 6) is 0.0100. The first-order valence-corrected chi connectivity index (χ1v) is 8.28. The van der Waals surface area contributed by atoms with Crippen molar-refractivity contribution in [3.63, 3.8) is 0 Å². The number of carbonyl (C=O) groups is 1. The van der Waals surface area contributed by atoms with Crippen molar-refractivity contribution in [2.45, 2.75) is 6.61 Å². The van der Waals surface area contributed by atoms with Crippen molar-refractivity contribution >= 4 is 27.8 Å². The lowest BCUT2D eigenvalue weighted by Crippen LogP contribution is -2.09. The fourth-order valence-electron chi connectivity index (χ4n) is 2.85. The molecule has 0 bridgehead atoms. The van der Waals surface area contributed by atoms with E-state index in [2.05, 4.69) is 4.98 Å². The van der Waals surface area contributed by atoms with Gasteiger partial charge < -0.3 is 13.9 Å². The van der Waals surface area contributed by atoms with Crippen molar-refractivity contribution in [3.8, 4) is 5.75 Å². The van der Waals surface area contributed by atoms with Gasteiger partial charge in [-0.1, -0.05) is 24.3 Å². The number of aromatic nitrogens is 1. The lowest BCUT2D eigenvalue weighted by atomic mass is 10.1. The number of esters is 1. The van der Waals surface area contributed by atoms with E-state index in [1.165, 1.54) is 13.2 Å². The SMILES string of the molecule is COc1ccc2c(COC(=O)c3ccc4ccccc4n3)cc(=O)oc2c1. The zero-order chi connectivity index (χ0) is 18.8. The molecule has 0 aliphatic rings. The Kier molecular flexibility index (Phi) is 4.30. The van der Waals surface area contributed by atoms with E-state index in [4.69, 9.17) is 13.9 Å². The molecule has 6 heteroatoms. The molecule has 4 aromatic rings. The number of rotatable bonds is 4. The summed E-state index contributed by atoms with van der Waals surface area (Å²) in [6, 6.07) is 17.4. The Balaban J connectivity index is 1.60. The number of fused-ring (bicyclic) bond motifs is 2. The molecule has 0 fully saturated rings. The zero-order valence-electron chi connectivity index (χ0n) is 14.5. The topological polar surface area (TPSA) is 78.6 Å². The van der Waals surface area contributed by atoms with Crippen LogP contribution in [0.5, 0.6) is 5.75 Å². The molecule has 0 aliphatic heterocycles. The molecule has 0 aliphatic carbocycles. The normalized spacial score (nSPS) is 10.9. The van der Waals surface area contributed by atoms with E-state index < -0.39 is 11.6 Å². The minimum atomic E-state index is -0.560. The van der Waals surface area contributed by atoms with Gasteiger partial charge in [-0.2, -0.15) is 0 Å². The van der Waals surface area contributed by atoms with Gasteiger partial charge in [-0.3, -0.25) is 0 Å². The van der Waals surface area contributed by atoms with Crippen LogP contribution in [0, 0.1) is 0 Å². The molecule has 0 amide bonds. The van der Waals surface area contributed by atoms with Gasteiger partial charge in [-0.15, -0.1) is 0 Å². The van der Waals surface area contributed by atoms with Crippen molar-refractivity contribution in [1.29, 1.82) is 0 Å². The Hall–Kier alpha value is -3.67. The van der Waals surface area contributed by atoms with Crippen molar-refractivity contribution in [3.05, 3.63) is 82.3 Å². The second-order valence-corrected chi connectivity index (χ2v) is 5.92.